The molecule has 0 saturated heterocycles. The molecule has 0 heterocycles. The van der Waals surface area contributed by atoms with Crippen LogP contribution in [0, 0.1) is 0 Å². The molecule has 0 aliphatic carbocycles. The summed E-state index contributed by atoms with van der Waals surface area (Å²) in [4.78, 5) is 27.7. The standard InChI is InChI=1S/C24H29ClF3N3O4S/c1-5-20(23(33)29-16(2)3)30(14-17-9-7-6-8-10-17)22(32)15-31(36(4,34)35)21-13-18(24(26,27)28)11-12-19(21)25/h6-13,16,20H,5,14-15H2,1-4H3,(H,29,33)/t20-/m0/s1. The maximum absolute atomic E-state index is 13.5. The number of amides is 2. The molecule has 0 bridgehead atoms. The summed E-state index contributed by atoms with van der Waals surface area (Å²) >= 11 is 6.07. The normalized spacial score (nSPS) is 12.8. The Kier molecular flexibility index (Phi) is 9.78. The van der Waals surface area contributed by atoms with Crippen molar-refractivity contribution in [3.05, 3.63) is 64.7 Å². The summed E-state index contributed by atoms with van der Waals surface area (Å²) in [6.07, 6.45) is -3.77. The minimum Gasteiger partial charge on any atom is -0.352 e. The zero-order chi connectivity index (χ0) is 27.3. The molecule has 0 unspecified atom stereocenters. The molecule has 198 valence electrons. The van der Waals surface area contributed by atoms with Crippen LogP contribution < -0.4 is 9.62 Å². The summed E-state index contributed by atoms with van der Waals surface area (Å²) in [7, 11) is -4.24. The average Bonchev–Trinajstić information content (AvgIpc) is 2.76. The third-order valence-corrected chi connectivity index (χ3v) is 6.68. The number of nitrogens with one attached hydrogen (secondary N) is 1. The zero-order valence-corrected chi connectivity index (χ0v) is 21.9. The molecular weight excluding hydrogens is 519 g/mol. The fourth-order valence-electron chi connectivity index (χ4n) is 3.56. The number of nitrogens with zero attached hydrogens (tertiary/aromatic N) is 2. The fourth-order valence-corrected chi connectivity index (χ4v) is 4.68. The number of sulfonamides is 1. The molecule has 0 saturated carbocycles. The van der Waals surface area contributed by atoms with Crippen LogP contribution in [0.5, 0.6) is 0 Å². The van der Waals surface area contributed by atoms with Crippen LogP contribution in [0.2, 0.25) is 5.02 Å². The molecule has 36 heavy (non-hydrogen) atoms. The van der Waals surface area contributed by atoms with E-state index in [9.17, 15) is 31.2 Å². The molecular formula is C24H29ClF3N3O4S. The van der Waals surface area contributed by atoms with Crippen LogP contribution in [0.25, 0.3) is 0 Å². The van der Waals surface area contributed by atoms with E-state index in [1.165, 1.54) is 4.90 Å². The number of hydrogen-bond donors (Lipinski definition) is 1. The van der Waals surface area contributed by atoms with E-state index in [1.54, 1.807) is 51.1 Å². The van der Waals surface area contributed by atoms with E-state index in [0.717, 1.165) is 18.4 Å². The summed E-state index contributed by atoms with van der Waals surface area (Å²) < 4.78 is 65.7. The van der Waals surface area contributed by atoms with Gasteiger partial charge in [-0.3, -0.25) is 13.9 Å². The monoisotopic (exact) mass is 547 g/mol. The van der Waals surface area contributed by atoms with Crippen molar-refractivity contribution < 1.29 is 31.2 Å². The van der Waals surface area contributed by atoms with E-state index in [0.29, 0.717) is 15.9 Å². The van der Waals surface area contributed by atoms with Crippen molar-refractivity contribution >= 4 is 39.1 Å². The van der Waals surface area contributed by atoms with E-state index in [-0.39, 0.29) is 24.0 Å². The number of anilines is 1. The SMILES string of the molecule is CC[C@@H](C(=O)NC(C)C)N(Cc1ccccc1)C(=O)CN(c1cc(C(F)(F)F)ccc1Cl)S(C)(=O)=O. The highest BCUT2D eigenvalue weighted by atomic mass is 35.5. The fraction of sp³-hybridized carbons (Fsp3) is 0.417. The number of halogens is 4. The van der Waals surface area contributed by atoms with Gasteiger partial charge in [-0.25, -0.2) is 8.42 Å². The van der Waals surface area contributed by atoms with Crippen LogP contribution in [0.15, 0.2) is 48.5 Å². The van der Waals surface area contributed by atoms with Gasteiger partial charge in [0.05, 0.1) is 22.5 Å². The third kappa shape index (κ3) is 7.86. The lowest BCUT2D eigenvalue weighted by molar-refractivity contribution is -0.140. The smallest absolute Gasteiger partial charge is 0.352 e. The van der Waals surface area contributed by atoms with Crippen LogP contribution in [0.4, 0.5) is 18.9 Å². The van der Waals surface area contributed by atoms with Crippen molar-refractivity contribution in [1.82, 2.24) is 10.2 Å². The molecule has 2 aromatic rings. The van der Waals surface area contributed by atoms with Crippen molar-refractivity contribution in [2.24, 2.45) is 0 Å². The van der Waals surface area contributed by atoms with Gasteiger partial charge in [0.1, 0.15) is 12.6 Å². The predicted octanol–water partition coefficient (Wildman–Crippen LogP) is 4.46. The van der Waals surface area contributed by atoms with E-state index in [1.807, 2.05) is 0 Å². The predicted molar refractivity (Wildman–Crippen MR) is 133 cm³/mol. The molecule has 0 fully saturated rings. The first-order chi connectivity index (χ1) is 16.6. The van der Waals surface area contributed by atoms with Crippen LogP contribution in [-0.2, 0) is 32.3 Å². The van der Waals surface area contributed by atoms with Gasteiger partial charge in [-0.2, -0.15) is 13.2 Å². The lowest BCUT2D eigenvalue weighted by Gasteiger charge is -2.33. The van der Waals surface area contributed by atoms with Crippen molar-refractivity contribution in [2.75, 3.05) is 17.1 Å². The minimum absolute atomic E-state index is 0.0162. The molecule has 0 aliphatic rings. The Balaban J connectivity index is 2.53. The molecule has 0 aromatic heterocycles. The van der Waals surface area contributed by atoms with Crippen LogP contribution >= 0.6 is 11.6 Å². The lowest BCUT2D eigenvalue weighted by Crippen LogP contribution is -2.53. The lowest BCUT2D eigenvalue weighted by atomic mass is 10.1. The number of carbonyl (C=O) groups is 2. The average molecular weight is 548 g/mol. The van der Waals surface area contributed by atoms with E-state index < -0.39 is 51.9 Å². The Bertz CT molecular complexity index is 1170. The van der Waals surface area contributed by atoms with Gasteiger partial charge in [0.15, 0.2) is 0 Å². The summed E-state index contributed by atoms with van der Waals surface area (Å²) in [5.41, 5.74) is -0.918. The van der Waals surface area contributed by atoms with Gasteiger partial charge in [-0.1, -0.05) is 48.9 Å². The minimum atomic E-state index is -4.76. The Labute approximate surface area is 214 Å². The quantitative estimate of drug-likeness (QED) is 0.476. The first-order valence-corrected chi connectivity index (χ1v) is 13.4. The van der Waals surface area contributed by atoms with E-state index in [4.69, 9.17) is 11.6 Å². The second-order valence-corrected chi connectivity index (χ2v) is 10.8. The number of carbonyl (C=O) groups excluding carboxylic acids is 2. The largest absolute Gasteiger partial charge is 0.416 e. The molecule has 1 atom stereocenters. The maximum atomic E-state index is 13.5. The van der Waals surface area contributed by atoms with Crippen LogP contribution in [0.3, 0.4) is 0 Å². The van der Waals surface area contributed by atoms with Crippen LogP contribution in [-0.4, -0.2) is 50.0 Å². The van der Waals surface area contributed by atoms with Gasteiger partial charge < -0.3 is 10.2 Å². The second kappa shape index (κ2) is 12.0. The summed E-state index contributed by atoms with van der Waals surface area (Å²) in [6, 6.07) is 9.83. The van der Waals surface area contributed by atoms with Crippen molar-refractivity contribution in [1.29, 1.82) is 0 Å². The van der Waals surface area contributed by atoms with Crippen molar-refractivity contribution in [3.8, 4) is 0 Å². The summed E-state index contributed by atoms with van der Waals surface area (Å²) in [5, 5.41) is 2.48. The third-order valence-electron chi connectivity index (χ3n) is 5.23. The molecule has 0 aliphatic heterocycles. The number of benzene rings is 2. The topological polar surface area (TPSA) is 86.8 Å². The van der Waals surface area contributed by atoms with Gasteiger partial charge in [0, 0.05) is 12.6 Å². The summed E-state index contributed by atoms with van der Waals surface area (Å²) in [5.74, 6) is -1.21. The van der Waals surface area contributed by atoms with Crippen LogP contribution in [0.1, 0.15) is 38.3 Å². The van der Waals surface area contributed by atoms with Gasteiger partial charge in [0.25, 0.3) is 0 Å². The van der Waals surface area contributed by atoms with E-state index >= 15 is 0 Å². The zero-order valence-electron chi connectivity index (χ0n) is 20.3. The second-order valence-electron chi connectivity index (χ2n) is 8.53. The van der Waals surface area contributed by atoms with Gasteiger partial charge in [-0.05, 0) is 44.0 Å². The molecule has 1 N–H and O–H groups in total. The first-order valence-electron chi connectivity index (χ1n) is 11.1. The Morgan fingerprint density at radius 2 is 1.69 bits per heavy atom. The highest BCUT2D eigenvalue weighted by Crippen LogP contribution is 2.36. The molecule has 12 heteroatoms. The highest BCUT2D eigenvalue weighted by Gasteiger charge is 2.35. The van der Waals surface area contributed by atoms with Crippen molar-refractivity contribution in [3.63, 3.8) is 0 Å². The number of rotatable bonds is 10. The van der Waals surface area contributed by atoms with Crippen molar-refractivity contribution in [2.45, 2.75) is 52.0 Å². The molecule has 7 nitrogen and oxygen atoms in total. The Hall–Kier alpha value is -2.79. The van der Waals surface area contributed by atoms with Gasteiger partial charge in [-0.15, -0.1) is 0 Å². The highest BCUT2D eigenvalue weighted by molar-refractivity contribution is 7.92. The van der Waals surface area contributed by atoms with E-state index in [2.05, 4.69) is 5.32 Å². The molecule has 0 spiro atoms. The van der Waals surface area contributed by atoms with Gasteiger partial charge in [0.2, 0.25) is 21.8 Å². The molecule has 2 amide bonds. The molecule has 0 radical (unpaired) electrons. The first kappa shape index (κ1) is 29.4. The Morgan fingerprint density at radius 1 is 1.08 bits per heavy atom. The van der Waals surface area contributed by atoms with Gasteiger partial charge >= 0.3 is 6.18 Å². The Morgan fingerprint density at radius 3 is 2.19 bits per heavy atom. The molecule has 2 rings (SSSR count). The maximum Gasteiger partial charge on any atom is 0.416 e. The molecule has 2 aromatic carbocycles. The number of alkyl halides is 3. The number of hydrogen-bond acceptors (Lipinski definition) is 4. The summed E-state index contributed by atoms with van der Waals surface area (Å²) in [6.45, 7) is 4.35.